The van der Waals surface area contributed by atoms with Crippen molar-refractivity contribution in [2.24, 2.45) is 0 Å². The second kappa shape index (κ2) is 3.72. The summed E-state index contributed by atoms with van der Waals surface area (Å²) in [5.41, 5.74) is 0. The maximum absolute atomic E-state index is 4.19. The normalized spacial score (nSPS) is 19.7. The molecule has 0 saturated carbocycles. The van der Waals surface area contributed by atoms with E-state index in [1.54, 1.807) is 0 Å². The first-order valence-corrected chi connectivity index (χ1v) is 4.65. The van der Waals surface area contributed by atoms with Crippen LogP contribution in [0.2, 0.25) is 0 Å². The SMILES string of the molecule is c1cnn(CN2CCCCC2)c1. The Morgan fingerprint density at radius 1 is 1.17 bits per heavy atom. The first-order valence-electron chi connectivity index (χ1n) is 4.65. The molecule has 12 heavy (non-hydrogen) atoms. The Balaban J connectivity index is 1.86. The highest BCUT2D eigenvalue weighted by molar-refractivity contribution is 4.77. The lowest BCUT2D eigenvalue weighted by molar-refractivity contribution is 0.173. The van der Waals surface area contributed by atoms with Gasteiger partial charge in [0.2, 0.25) is 0 Å². The molecule has 0 aromatic carbocycles. The third kappa shape index (κ3) is 1.85. The van der Waals surface area contributed by atoms with Crippen LogP contribution in [-0.2, 0) is 6.67 Å². The predicted octanol–water partition coefficient (Wildman–Crippen LogP) is 1.33. The van der Waals surface area contributed by atoms with Crippen LogP contribution in [0.3, 0.4) is 0 Å². The molecule has 0 spiro atoms. The third-order valence-electron chi connectivity index (χ3n) is 2.35. The summed E-state index contributed by atoms with van der Waals surface area (Å²) < 4.78 is 1.99. The van der Waals surface area contributed by atoms with E-state index in [-0.39, 0.29) is 0 Å². The number of rotatable bonds is 2. The van der Waals surface area contributed by atoms with Crippen molar-refractivity contribution in [1.29, 1.82) is 0 Å². The van der Waals surface area contributed by atoms with Crippen LogP contribution in [0.25, 0.3) is 0 Å². The highest BCUT2D eigenvalue weighted by Gasteiger charge is 2.09. The Bertz CT molecular complexity index is 212. The van der Waals surface area contributed by atoms with E-state index in [1.807, 2.05) is 23.1 Å². The van der Waals surface area contributed by atoms with Crippen molar-refractivity contribution in [1.82, 2.24) is 14.7 Å². The number of likely N-dealkylation sites (tertiary alicyclic amines) is 1. The van der Waals surface area contributed by atoms with Crippen LogP contribution in [0.1, 0.15) is 19.3 Å². The van der Waals surface area contributed by atoms with Crippen LogP contribution in [0.15, 0.2) is 18.5 Å². The standard InChI is InChI=1S/C9H15N3/c1-2-6-11(7-3-1)9-12-8-4-5-10-12/h4-5,8H,1-3,6-7,9H2. The molecule has 3 nitrogen and oxygen atoms in total. The summed E-state index contributed by atoms with van der Waals surface area (Å²) in [6, 6.07) is 1.98. The molecule has 3 heteroatoms. The van der Waals surface area contributed by atoms with Gasteiger partial charge in [0.05, 0.1) is 6.67 Å². The predicted molar refractivity (Wildman–Crippen MR) is 47.7 cm³/mol. The van der Waals surface area contributed by atoms with Gasteiger partial charge in [0.1, 0.15) is 0 Å². The molecule has 2 heterocycles. The van der Waals surface area contributed by atoms with Crippen molar-refractivity contribution in [2.45, 2.75) is 25.9 Å². The molecule has 0 radical (unpaired) electrons. The average molecular weight is 165 g/mol. The van der Waals surface area contributed by atoms with E-state index in [0.717, 1.165) is 6.67 Å². The Morgan fingerprint density at radius 3 is 2.67 bits per heavy atom. The van der Waals surface area contributed by atoms with Gasteiger partial charge >= 0.3 is 0 Å². The van der Waals surface area contributed by atoms with Crippen molar-refractivity contribution in [3.63, 3.8) is 0 Å². The number of hydrogen-bond acceptors (Lipinski definition) is 2. The summed E-state index contributed by atoms with van der Waals surface area (Å²) in [7, 11) is 0. The van der Waals surface area contributed by atoms with Gasteiger partial charge in [-0.3, -0.25) is 9.58 Å². The fourth-order valence-electron chi connectivity index (χ4n) is 1.69. The molecule has 0 atom stereocenters. The lowest BCUT2D eigenvalue weighted by Gasteiger charge is -2.25. The zero-order chi connectivity index (χ0) is 8.23. The Kier molecular flexibility index (Phi) is 2.42. The molecule has 2 rings (SSSR count). The van der Waals surface area contributed by atoms with Gasteiger partial charge in [-0.1, -0.05) is 6.42 Å². The molecule has 1 aromatic heterocycles. The third-order valence-corrected chi connectivity index (χ3v) is 2.35. The zero-order valence-electron chi connectivity index (χ0n) is 7.32. The molecule has 1 aliphatic rings. The lowest BCUT2D eigenvalue weighted by Crippen LogP contribution is -2.31. The summed E-state index contributed by atoms with van der Waals surface area (Å²) in [5.74, 6) is 0. The van der Waals surface area contributed by atoms with Gasteiger partial charge in [-0.2, -0.15) is 5.10 Å². The minimum atomic E-state index is 0.965. The molecule has 0 bridgehead atoms. The summed E-state index contributed by atoms with van der Waals surface area (Å²) in [4.78, 5) is 2.45. The first-order chi connectivity index (χ1) is 5.95. The van der Waals surface area contributed by atoms with Crippen LogP contribution in [-0.4, -0.2) is 27.8 Å². The van der Waals surface area contributed by atoms with E-state index < -0.39 is 0 Å². The monoisotopic (exact) mass is 165 g/mol. The Morgan fingerprint density at radius 2 is 2.00 bits per heavy atom. The van der Waals surface area contributed by atoms with Crippen LogP contribution in [0.5, 0.6) is 0 Å². The molecule has 0 unspecified atom stereocenters. The van der Waals surface area contributed by atoms with Crippen molar-refractivity contribution in [3.05, 3.63) is 18.5 Å². The van der Waals surface area contributed by atoms with Crippen LogP contribution in [0.4, 0.5) is 0 Å². The van der Waals surface area contributed by atoms with Crippen molar-refractivity contribution >= 4 is 0 Å². The molecule has 1 aliphatic heterocycles. The second-order valence-electron chi connectivity index (χ2n) is 3.37. The Labute approximate surface area is 73.0 Å². The molecule has 0 N–H and O–H groups in total. The van der Waals surface area contributed by atoms with E-state index in [1.165, 1.54) is 32.4 Å². The summed E-state index contributed by atoms with van der Waals surface area (Å²) in [6.07, 6.45) is 7.96. The number of aromatic nitrogens is 2. The van der Waals surface area contributed by atoms with Gasteiger partial charge in [-0.15, -0.1) is 0 Å². The van der Waals surface area contributed by atoms with Gasteiger partial charge in [0.15, 0.2) is 0 Å². The average Bonchev–Trinajstić information content (AvgIpc) is 2.59. The van der Waals surface area contributed by atoms with Crippen LogP contribution >= 0.6 is 0 Å². The van der Waals surface area contributed by atoms with Gasteiger partial charge < -0.3 is 0 Å². The number of piperidine rings is 1. The minimum absolute atomic E-state index is 0.965. The van der Waals surface area contributed by atoms with Gasteiger partial charge in [0, 0.05) is 12.4 Å². The summed E-state index contributed by atoms with van der Waals surface area (Å²) >= 11 is 0. The van der Waals surface area contributed by atoms with Crippen molar-refractivity contribution < 1.29 is 0 Å². The first kappa shape index (κ1) is 7.80. The Hall–Kier alpha value is -0.830. The highest BCUT2D eigenvalue weighted by Crippen LogP contribution is 2.08. The molecule has 1 aromatic rings. The highest BCUT2D eigenvalue weighted by atomic mass is 15.4. The summed E-state index contributed by atoms with van der Waals surface area (Å²) in [5, 5.41) is 4.19. The van der Waals surface area contributed by atoms with E-state index in [0.29, 0.717) is 0 Å². The van der Waals surface area contributed by atoms with E-state index >= 15 is 0 Å². The van der Waals surface area contributed by atoms with Crippen LogP contribution in [0, 0.1) is 0 Å². The summed E-state index contributed by atoms with van der Waals surface area (Å²) in [6.45, 7) is 3.44. The molecular formula is C9H15N3. The number of nitrogens with zero attached hydrogens (tertiary/aromatic N) is 3. The molecule has 1 fully saturated rings. The van der Waals surface area contributed by atoms with E-state index in [9.17, 15) is 0 Å². The second-order valence-corrected chi connectivity index (χ2v) is 3.37. The number of hydrogen-bond donors (Lipinski definition) is 0. The van der Waals surface area contributed by atoms with Gasteiger partial charge in [-0.25, -0.2) is 0 Å². The van der Waals surface area contributed by atoms with Gasteiger partial charge in [-0.05, 0) is 32.0 Å². The van der Waals surface area contributed by atoms with Crippen molar-refractivity contribution in [3.8, 4) is 0 Å². The maximum Gasteiger partial charge on any atom is 0.0928 e. The fraction of sp³-hybridized carbons (Fsp3) is 0.667. The van der Waals surface area contributed by atoms with Gasteiger partial charge in [0.25, 0.3) is 0 Å². The smallest absolute Gasteiger partial charge is 0.0928 e. The minimum Gasteiger partial charge on any atom is -0.284 e. The van der Waals surface area contributed by atoms with Crippen molar-refractivity contribution in [2.75, 3.05) is 13.1 Å². The largest absolute Gasteiger partial charge is 0.284 e. The quantitative estimate of drug-likeness (QED) is 0.659. The molecular weight excluding hydrogens is 150 g/mol. The maximum atomic E-state index is 4.19. The lowest BCUT2D eigenvalue weighted by atomic mass is 10.1. The van der Waals surface area contributed by atoms with E-state index in [4.69, 9.17) is 0 Å². The zero-order valence-corrected chi connectivity index (χ0v) is 7.32. The molecule has 66 valence electrons. The topological polar surface area (TPSA) is 21.1 Å². The van der Waals surface area contributed by atoms with E-state index in [2.05, 4.69) is 10.00 Å². The van der Waals surface area contributed by atoms with Crippen LogP contribution < -0.4 is 0 Å². The molecule has 0 aliphatic carbocycles. The fourth-order valence-corrected chi connectivity index (χ4v) is 1.69. The molecule has 0 amide bonds. The molecule has 1 saturated heterocycles.